The predicted molar refractivity (Wildman–Crippen MR) is 86.7 cm³/mol. The van der Waals surface area contributed by atoms with E-state index in [1.54, 1.807) is 42.5 Å². The molecule has 3 aromatic rings. The zero-order valence-electron chi connectivity index (χ0n) is 11.9. The second kappa shape index (κ2) is 5.03. The minimum absolute atomic E-state index is 0.0387. The maximum absolute atomic E-state index is 12.8. The van der Waals surface area contributed by atoms with Gasteiger partial charge in [-0.2, -0.15) is 0 Å². The van der Waals surface area contributed by atoms with Gasteiger partial charge in [0.25, 0.3) is 0 Å². The van der Waals surface area contributed by atoms with E-state index in [2.05, 4.69) is 0 Å². The fourth-order valence-corrected chi connectivity index (χ4v) is 3.91. The van der Waals surface area contributed by atoms with Crippen LogP contribution in [0, 0.1) is 6.92 Å². The van der Waals surface area contributed by atoms with E-state index in [0.29, 0.717) is 10.8 Å². The third kappa shape index (κ3) is 2.19. The zero-order valence-corrected chi connectivity index (χ0v) is 12.8. The predicted octanol–water partition coefficient (Wildman–Crippen LogP) is 3.27. The molecule has 0 atom stereocenters. The number of nitrogens with two attached hydrogens (primary N) is 1. The molecule has 0 aliphatic rings. The molecule has 5 heteroatoms. The van der Waals surface area contributed by atoms with Gasteiger partial charge in [0.2, 0.25) is 9.84 Å². The van der Waals surface area contributed by atoms with E-state index in [1.165, 1.54) is 12.1 Å². The minimum atomic E-state index is -3.88. The number of benzene rings is 3. The van der Waals surface area contributed by atoms with Crippen molar-refractivity contribution in [3.05, 3.63) is 60.2 Å². The normalized spacial score (nSPS) is 11.7. The van der Waals surface area contributed by atoms with Crippen molar-refractivity contribution in [3.63, 3.8) is 0 Å². The van der Waals surface area contributed by atoms with Crippen LogP contribution < -0.4 is 5.73 Å². The van der Waals surface area contributed by atoms with Crippen molar-refractivity contribution in [1.29, 1.82) is 0 Å². The smallest absolute Gasteiger partial charge is 0.212 e. The van der Waals surface area contributed by atoms with Gasteiger partial charge in [-0.3, -0.25) is 0 Å². The molecule has 0 fully saturated rings. The third-order valence-corrected chi connectivity index (χ3v) is 5.46. The minimum Gasteiger partial charge on any atom is -0.506 e. The molecule has 0 saturated carbocycles. The third-order valence-electron chi connectivity index (χ3n) is 3.60. The molecule has 0 heterocycles. The van der Waals surface area contributed by atoms with Crippen LogP contribution in [0.1, 0.15) is 5.56 Å². The molecule has 0 spiro atoms. The van der Waals surface area contributed by atoms with Gasteiger partial charge < -0.3 is 10.8 Å². The molecular weight excluding hydrogens is 298 g/mol. The van der Waals surface area contributed by atoms with Crippen molar-refractivity contribution in [2.24, 2.45) is 0 Å². The van der Waals surface area contributed by atoms with Crippen LogP contribution in [0.5, 0.6) is 5.75 Å². The van der Waals surface area contributed by atoms with E-state index >= 15 is 0 Å². The summed E-state index contributed by atoms with van der Waals surface area (Å²) < 4.78 is 25.6. The summed E-state index contributed by atoms with van der Waals surface area (Å²) in [7, 11) is -3.88. The average Bonchev–Trinajstić information content (AvgIpc) is 2.47. The van der Waals surface area contributed by atoms with Crippen LogP contribution in [-0.4, -0.2) is 13.5 Å². The van der Waals surface area contributed by atoms with Crippen molar-refractivity contribution >= 4 is 26.3 Å². The number of phenolic OH excluding ortho intramolecular Hbond substituents is 1. The van der Waals surface area contributed by atoms with Crippen molar-refractivity contribution in [1.82, 2.24) is 0 Å². The van der Waals surface area contributed by atoms with Gasteiger partial charge in [0.15, 0.2) is 0 Å². The number of aryl methyl sites for hydroxylation is 1. The molecule has 0 aliphatic heterocycles. The monoisotopic (exact) mass is 313 g/mol. The molecule has 0 saturated heterocycles. The summed E-state index contributed by atoms with van der Waals surface area (Å²) in [6, 6.07) is 15.0. The molecular formula is C17H15NO3S. The maximum Gasteiger partial charge on any atom is 0.212 e. The molecule has 0 aliphatic carbocycles. The highest BCUT2D eigenvalue weighted by Crippen LogP contribution is 2.39. The van der Waals surface area contributed by atoms with E-state index in [0.717, 1.165) is 5.56 Å². The highest BCUT2D eigenvalue weighted by molar-refractivity contribution is 7.91. The number of fused-ring (bicyclic) bond motifs is 1. The van der Waals surface area contributed by atoms with Crippen LogP contribution in [-0.2, 0) is 9.84 Å². The molecule has 3 aromatic carbocycles. The fraction of sp³-hybridized carbons (Fsp3) is 0.0588. The summed E-state index contributed by atoms with van der Waals surface area (Å²) in [6.45, 7) is 1.87. The van der Waals surface area contributed by atoms with Crippen LogP contribution in [0.3, 0.4) is 0 Å². The molecule has 3 N–H and O–H groups in total. The Morgan fingerprint density at radius 1 is 1.00 bits per heavy atom. The molecule has 0 aromatic heterocycles. The van der Waals surface area contributed by atoms with Crippen molar-refractivity contribution in [3.8, 4) is 5.75 Å². The molecule has 4 nitrogen and oxygen atoms in total. The molecule has 0 radical (unpaired) electrons. The van der Waals surface area contributed by atoms with Gasteiger partial charge in [0.05, 0.1) is 10.6 Å². The number of sulfone groups is 1. The van der Waals surface area contributed by atoms with Gasteiger partial charge in [-0.1, -0.05) is 42.0 Å². The molecule has 22 heavy (non-hydrogen) atoms. The average molecular weight is 313 g/mol. The van der Waals surface area contributed by atoms with Gasteiger partial charge in [0, 0.05) is 5.39 Å². The standard InChI is InChI=1S/C17H15NO3S/c1-11-6-8-13(9-7-11)22(20,21)17-15(18)10-12-4-2-3-5-14(12)16(17)19/h2-10,19H,18H2,1H3. The van der Waals surface area contributed by atoms with Crippen LogP contribution in [0.2, 0.25) is 0 Å². The van der Waals surface area contributed by atoms with Crippen LogP contribution >= 0.6 is 0 Å². The SMILES string of the molecule is Cc1ccc(S(=O)(=O)c2c(N)cc3ccccc3c2O)cc1. The Bertz CT molecular complexity index is 961. The molecule has 112 valence electrons. The molecule has 0 bridgehead atoms. The maximum atomic E-state index is 12.8. The topological polar surface area (TPSA) is 80.4 Å². The van der Waals surface area contributed by atoms with Crippen molar-refractivity contribution < 1.29 is 13.5 Å². The number of aromatic hydroxyl groups is 1. The lowest BCUT2D eigenvalue weighted by atomic mass is 10.1. The number of phenols is 1. The van der Waals surface area contributed by atoms with E-state index in [4.69, 9.17) is 5.73 Å². The van der Waals surface area contributed by atoms with E-state index < -0.39 is 9.84 Å². The summed E-state index contributed by atoms with van der Waals surface area (Å²) in [5.74, 6) is -0.309. The highest BCUT2D eigenvalue weighted by Gasteiger charge is 2.26. The fourth-order valence-electron chi connectivity index (χ4n) is 2.45. The molecule has 0 amide bonds. The van der Waals surface area contributed by atoms with Crippen molar-refractivity contribution in [2.75, 3.05) is 5.73 Å². The number of hydrogen-bond donors (Lipinski definition) is 2. The lowest BCUT2D eigenvalue weighted by molar-refractivity contribution is 0.466. The lowest BCUT2D eigenvalue weighted by Crippen LogP contribution is -2.06. The first-order chi connectivity index (χ1) is 10.4. The summed E-state index contributed by atoms with van der Waals surface area (Å²) in [5.41, 5.74) is 6.89. The molecule has 3 rings (SSSR count). The highest BCUT2D eigenvalue weighted by atomic mass is 32.2. The van der Waals surface area contributed by atoms with E-state index in [9.17, 15) is 13.5 Å². The van der Waals surface area contributed by atoms with E-state index in [-0.39, 0.29) is 21.2 Å². The van der Waals surface area contributed by atoms with Crippen LogP contribution in [0.4, 0.5) is 5.69 Å². The van der Waals surface area contributed by atoms with Crippen LogP contribution in [0.15, 0.2) is 64.4 Å². The zero-order chi connectivity index (χ0) is 15.9. The van der Waals surface area contributed by atoms with Gasteiger partial charge in [-0.25, -0.2) is 8.42 Å². The Balaban J connectivity index is 2.31. The first-order valence-electron chi connectivity index (χ1n) is 6.73. The number of anilines is 1. The first kappa shape index (κ1) is 14.4. The Hall–Kier alpha value is -2.53. The Kier molecular flexibility index (Phi) is 3.30. The first-order valence-corrected chi connectivity index (χ1v) is 8.21. The number of nitrogen functional groups attached to an aromatic ring is 1. The Morgan fingerprint density at radius 3 is 2.32 bits per heavy atom. The number of rotatable bonds is 2. The Labute approximate surface area is 128 Å². The van der Waals surface area contributed by atoms with Crippen LogP contribution in [0.25, 0.3) is 10.8 Å². The van der Waals surface area contributed by atoms with Gasteiger partial charge in [-0.15, -0.1) is 0 Å². The van der Waals surface area contributed by atoms with Crippen molar-refractivity contribution in [2.45, 2.75) is 16.7 Å². The van der Waals surface area contributed by atoms with Gasteiger partial charge in [0.1, 0.15) is 10.6 Å². The summed E-state index contributed by atoms with van der Waals surface area (Å²) in [6.07, 6.45) is 0. The Morgan fingerprint density at radius 2 is 1.64 bits per heavy atom. The van der Waals surface area contributed by atoms with E-state index in [1.807, 2.05) is 6.92 Å². The summed E-state index contributed by atoms with van der Waals surface area (Å²) >= 11 is 0. The summed E-state index contributed by atoms with van der Waals surface area (Å²) in [4.78, 5) is -0.134. The second-order valence-electron chi connectivity index (χ2n) is 5.18. The lowest BCUT2D eigenvalue weighted by Gasteiger charge is -2.12. The molecule has 0 unspecified atom stereocenters. The number of hydrogen-bond acceptors (Lipinski definition) is 4. The second-order valence-corrected chi connectivity index (χ2v) is 7.07. The summed E-state index contributed by atoms with van der Waals surface area (Å²) in [5, 5.41) is 11.6. The van der Waals surface area contributed by atoms with Gasteiger partial charge >= 0.3 is 0 Å². The quantitative estimate of drug-likeness (QED) is 0.712. The van der Waals surface area contributed by atoms with Gasteiger partial charge in [-0.05, 0) is 30.5 Å². The largest absolute Gasteiger partial charge is 0.506 e.